The maximum absolute atomic E-state index is 11.5. The van der Waals surface area contributed by atoms with Gasteiger partial charge in [0.2, 0.25) is 5.91 Å². The molecule has 3 N–H and O–H groups in total. The van der Waals surface area contributed by atoms with Crippen molar-refractivity contribution in [1.82, 2.24) is 5.32 Å². The Labute approximate surface area is 110 Å². The number of nitrogens with two attached hydrogens (primary N) is 1. The van der Waals surface area contributed by atoms with Gasteiger partial charge in [-0.25, -0.2) is 0 Å². The molecule has 0 spiro atoms. The minimum Gasteiger partial charge on any atom is -0.372 e. The van der Waals surface area contributed by atoms with Crippen molar-refractivity contribution >= 4 is 18.3 Å². The summed E-state index contributed by atoms with van der Waals surface area (Å²) in [6.07, 6.45) is 5.48. The van der Waals surface area contributed by atoms with Crippen LogP contribution < -0.4 is 11.1 Å². The average Bonchev–Trinajstić information content (AvgIpc) is 2.71. The molecule has 0 aromatic carbocycles. The largest absolute Gasteiger partial charge is 0.372 e. The van der Waals surface area contributed by atoms with Crippen LogP contribution in [0.15, 0.2) is 0 Å². The van der Waals surface area contributed by atoms with E-state index >= 15 is 0 Å². The lowest BCUT2D eigenvalue weighted by Crippen LogP contribution is -2.41. The van der Waals surface area contributed by atoms with E-state index in [1.54, 1.807) is 0 Å². The van der Waals surface area contributed by atoms with Gasteiger partial charge in [0.1, 0.15) is 6.61 Å². The van der Waals surface area contributed by atoms with Crippen molar-refractivity contribution in [3.63, 3.8) is 0 Å². The van der Waals surface area contributed by atoms with Crippen molar-refractivity contribution in [2.45, 2.75) is 45.1 Å². The molecule has 1 aliphatic carbocycles. The van der Waals surface area contributed by atoms with Gasteiger partial charge in [0, 0.05) is 12.6 Å². The van der Waals surface area contributed by atoms with E-state index in [2.05, 4.69) is 12.2 Å². The minimum atomic E-state index is 0. The molecule has 102 valence electrons. The van der Waals surface area contributed by atoms with E-state index in [9.17, 15) is 4.79 Å². The Balaban J connectivity index is 0.00000256. The number of amides is 1. The maximum Gasteiger partial charge on any atom is 0.246 e. The number of unbranched alkanes of at least 4 members (excludes halogenated alkanes) is 1. The van der Waals surface area contributed by atoms with Gasteiger partial charge in [-0.05, 0) is 31.7 Å². The fourth-order valence-corrected chi connectivity index (χ4v) is 2.17. The highest BCUT2D eigenvalue weighted by molar-refractivity contribution is 5.85. The number of nitrogens with one attached hydrogen (secondary N) is 1. The zero-order chi connectivity index (χ0) is 11.8. The Bertz CT molecular complexity index is 215. The fraction of sp³-hybridized carbons (Fsp3) is 0.917. The molecule has 0 heterocycles. The first-order valence-corrected chi connectivity index (χ1v) is 6.35. The normalized spacial score (nSPS) is 23.2. The summed E-state index contributed by atoms with van der Waals surface area (Å²) in [5.41, 5.74) is 5.66. The molecule has 0 radical (unpaired) electrons. The average molecular weight is 265 g/mol. The Hall–Kier alpha value is -0.320. The molecule has 1 amide bonds. The van der Waals surface area contributed by atoms with E-state index < -0.39 is 0 Å². The van der Waals surface area contributed by atoms with Crippen molar-refractivity contribution in [1.29, 1.82) is 0 Å². The Morgan fingerprint density at radius 3 is 2.88 bits per heavy atom. The molecule has 1 rings (SSSR count). The van der Waals surface area contributed by atoms with E-state index in [0.29, 0.717) is 19.1 Å². The zero-order valence-corrected chi connectivity index (χ0v) is 11.4. The van der Waals surface area contributed by atoms with Gasteiger partial charge in [-0.1, -0.05) is 19.8 Å². The Morgan fingerprint density at radius 1 is 1.47 bits per heavy atom. The highest BCUT2D eigenvalue weighted by Gasteiger charge is 2.27. The monoisotopic (exact) mass is 264 g/mol. The van der Waals surface area contributed by atoms with Gasteiger partial charge in [0.15, 0.2) is 0 Å². The second kappa shape index (κ2) is 9.68. The van der Waals surface area contributed by atoms with Crippen LogP contribution in [0.25, 0.3) is 0 Å². The summed E-state index contributed by atoms with van der Waals surface area (Å²) in [5, 5.41) is 3.01. The van der Waals surface area contributed by atoms with Gasteiger partial charge in [0.05, 0.1) is 0 Å². The third-order valence-electron chi connectivity index (χ3n) is 3.18. The Kier molecular flexibility index (Phi) is 9.50. The van der Waals surface area contributed by atoms with Crippen LogP contribution >= 0.6 is 12.4 Å². The first-order valence-electron chi connectivity index (χ1n) is 6.35. The van der Waals surface area contributed by atoms with Gasteiger partial charge in [-0.2, -0.15) is 0 Å². The van der Waals surface area contributed by atoms with Crippen molar-refractivity contribution < 1.29 is 9.53 Å². The molecule has 1 saturated carbocycles. The van der Waals surface area contributed by atoms with Crippen LogP contribution in [0, 0.1) is 5.92 Å². The standard InChI is InChI=1S/C12H24N2O2.ClH/c1-2-3-7-16-9-12(15)14-11-6-4-5-10(11)8-13;/h10-11H,2-9,13H2,1H3,(H,14,15);1H. The summed E-state index contributed by atoms with van der Waals surface area (Å²) in [4.78, 5) is 11.5. The molecule has 0 aliphatic heterocycles. The summed E-state index contributed by atoms with van der Waals surface area (Å²) in [5.74, 6) is 0.459. The van der Waals surface area contributed by atoms with Crippen molar-refractivity contribution in [3.05, 3.63) is 0 Å². The van der Waals surface area contributed by atoms with Gasteiger partial charge in [-0.3, -0.25) is 4.79 Å². The molecule has 1 aliphatic rings. The molecular formula is C12H25ClN2O2. The van der Waals surface area contributed by atoms with Gasteiger partial charge < -0.3 is 15.8 Å². The fourth-order valence-electron chi connectivity index (χ4n) is 2.17. The van der Waals surface area contributed by atoms with Gasteiger partial charge >= 0.3 is 0 Å². The van der Waals surface area contributed by atoms with Gasteiger partial charge in [0.25, 0.3) is 0 Å². The summed E-state index contributed by atoms with van der Waals surface area (Å²) in [6.45, 7) is 3.64. The molecule has 2 unspecified atom stereocenters. The van der Waals surface area contributed by atoms with Crippen molar-refractivity contribution in [3.8, 4) is 0 Å². The Morgan fingerprint density at radius 2 is 2.24 bits per heavy atom. The number of rotatable bonds is 7. The van der Waals surface area contributed by atoms with E-state index in [4.69, 9.17) is 10.5 Å². The van der Waals surface area contributed by atoms with Crippen LogP contribution in [0.1, 0.15) is 39.0 Å². The molecular weight excluding hydrogens is 240 g/mol. The quantitative estimate of drug-likeness (QED) is 0.685. The molecule has 0 saturated heterocycles. The molecule has 0 aromatic rings. The number of ether oxygens (including phenoxy) is 1. The van der Waals surface area contributed by atoms with Crippen LogP contribution in [-0.2, 0) is 9.53 Å². The van der Waals surface area contributed by atoms with E-state index in [1.165, 1.54) is 6.42 Å². The predicted octanol–water partition coefficient (Wildman–Crippen LogP) is 1.47. The predicted molar refractivity (Wildman–Crippen MR) is 71.3 cm³/mol. The smallest absolute Gasteiger partial charge is 0.246 e. The van der Waals surface area contributed by atoms with Crippen molar-refractivity contribution in [2.75, 3.05) is 19.8 Å². The molecule has 17 heavy (non-hydrogen) atoms. The van der Waals surface area contributed by atoms with Crippen LogP contribution in [0.5, 0.6) is 0 Å². The van der Waals surface area contributed by atoms with Crippen LogP contribution in [0.4, 0.5) is 0 Å². The molecule has 5 heteroatoms. The second-order valence-electron chi connectivity index (χ2n) is 4.51. The highest BCUT2D eigenvalue weighted by Crippen LogP contribution is 2.24. The first-order chi connectivity index (χ1) is 7.77. The van der Waals surface area contributed by atoms with Crippen LogP contribution in [0.3, 0.4) is 0 Å². The minimum absolute atomic E-state index is 0. The molecule has 0 aromatic heterocycles. The van der Waals surface area contributed by atoms with E-state index in [0.717, 1.165) is 25.7 Å². The second-order valence-corrected chi connectivity index (χ2v) is 4.51. The number of hydrogen-bond acceptors (Lipinski definition) is 3. The molecule has 1 fully saturated rings. The summed E-state index contributed by atoms with van der Waals surface area (Å²) in [7, 11) is 0. The van der Waals surface area contributed by atoms with E-state index in [1.807, 2.05) is 0 Å². The number of halogens is 1. The van der Waals surface area contributed by atoms with Crippen LogP contribution in [-0.4, -0.2) is 31.7 Å². The molecule has 2 atom stereocenters. The summed E-state index contributed by atoms with van der Waals surface area (Å²) in [6, 6.07) is 0.271. The summed E-state index contributed by atoms with van der Waals surface area (Å²) < 4.78 is 5.27. The zero-order valence-electron chi connectivity index (χ0n) is 10.6. The molecule has 0 bridgehead atoms. The lowest BCUT2D eigenvalue weighted by molar-refractivity contribution is -0.126. The lowest BCUT2D eigenvalue weighted by atomic mass is 10.0. The van der Waals surface area contributed by atoms with E-state index in [-0.39, 0.29) is 31.0 Å². The van der Waals surface area contributed by atoms with Crippen molar-refractivity contribution in [2.24, 2.45) is 11.7 Å². The molecule has 4 nitrogen and oxygen atoms in total. The number of carbonyl (C=O) groups is 1. The third kappa shape index (κ3) is 6.24. The van der Waals surface area contributed by atoms with Crippen LogP contribution in [0.2, 0.25) is 0 Å². The van der Waals surface area contributed by atoms with Gasteiger partial charge in [-0.15, -0.1) is 12.4 Å². The highest BCUT2D eigenvalue weighted by atomic mass is 35.5. The maximum atomic E-state index is 11.5. The first kappa shape index (κ1) is 16.7. The number of carbonyl (C=O) groups excluding carboxylic acids is 1. The third-order valence-corrected chi connectivity index (χ3v) is 3.18. The lowest BCUT2D eigenvalue weighted by Gasteiger charge is -2.19. The number of hydrogen-bond donors (Lipinski definition) is 2. The summed E-state index contributed by atoms with van der Waals surface area (Å²) >= 11 is 0. The topological polar surface area (TPSA) is 64.3 Å². The SMILES string of the molecule is CCCCOCC(=O)NC1CCCC1CN.Cl.